The molecule has 0 unspecified atom stereocenters. The Morgan fingerprint density at radius 3 is 2.82 bits per heavy atom. The number of hydrogen-bond acceptors (Lipinski definition) is 3. The first-order valence-electron chi connectivity index (χ1n) is 5.56. The number of alkyl halides is 1. The van der Waals surface area contributed by atoms with Crippen molar-refractivity contribution in [3.8, 4) is 0 Å². The van der Waals surface area contributed by atoms with Crippen molar-refractivity contribution in [2.45, 2.75) is 31.2 Å². The summed E-state index contributed by atoms with van der Waals surface area (Å²) in [6.07, 6.45) is 3.67. The summed E-state index contributed by atoms with van der Waals surface area (Å²) in [4.78, 5) is 4.38. The fourth-order valence-electron chi connectivity index (χ4n) is 1.51. The van der Waals surface area contributed by atoms with E-state index in [0.717, 1.165) is 22.0 Å². The van der Waals surface area contributed by atoms with Gasteiger partial charge in [0.25, 0.3) is 0 Å². The Labute approximate surface area is 111 Å². The van der Waals surface area contributed by atoms with Gasteiger partial charge in [0.1, 0.15) is 5.03 Å². The fourth-order valence-corrected chi connectivity index (χ4v) is 2.45. The van der Waals surface area contributed by atoms with Gasteiger partial charge < -0.3 is 0 Å². The third-order valence-corrected chi connectivity index (χ3v) is 3.85. The van der Waals surface area contributed by atoms with Crippen LogP contribution in [0.4, 0.5) is 0 Å². The first kappa shape index (κ1) is 12.7. The van der Waals surface area contributed by atoms with Crippen LogP contribution in [0.3, 0.4) is 0 Å². The highest BCUT2D eigenvalue weighted by atomic mass is 35.5. The topological polar surface area (TPSA) is 30.2 Å². The molecule has 0 bridgehead atoms. The zero-order valence-corrected chi connectivity index (χ0v) is 11.8. The van der Waals surface area contributed by atoms with Crippen LogP contribution in [0, 0.1) is 0 Å². The third-order valence-electron chi connectivity index (χ3n) is 2.44. The first-order valence-corrected chi connectivity index (χ1v) is 7.08. The van der Waals surface area contributed by atoms with E-state index in [9.17, 15) is 0 Å². The number of fused-ring (bicyclic) bond motifs is 1. The molecule has 0 aliphatic heterocycles. The summed E-state index contributed by atoms with van der Waals surface area (Å²) in [5.41, 5.74) is 2.20. The molecule has 17 heavy (non-hydrogen) atoms. The maximum absolute atomic E-state index is 5.71. The number of nitrogens with zero attached hydrogens (tertiary/aromatic N) is 3. The molecule has 3 nitrogen and oxygen atoms in total. The molecule has 0 fully saturated rings. The highest BCUT2D eigenvalue weighted by Gasteiger charge is 2.18. The molecule has 0 saturated heterocycles. The van der Waals surface area contributed by atoms with Crippen molar-refractivity contribution < 1.29 is 0 Å². The van der Waals surface area contributed by atoms with Gasteiger partial charge in [-0.3, -0.25) is 0 Å². The van der Waals surface area contributed by atoms with Crippen molar-refractivity contribution in [2.24, 2.45) is 0 Å². The second kappa shape index (κ2) is 4.86. The van der Waals surface area contributed by atoms with Gasteiger partial charge in [0.2, 0.25) is 0 Å². The number of halogens is 1. The van der Waals surface area contributed by atoms with Crippen LogP contribution in [0.5, 0.6) is 0 Å². The highest BCUT2D eigenvalue weighted by Crippen LogP contribution is 2.26. The Morgan fingerprint density at radius 1 is 1.41 bits per heavy atom. The van der Waals surface area contributed by atoms with E-state index in [-0.39, 0.29) is 5.41 Å². The lowest BCUT2D eigenvalue weighted by atomic mass is 9.92. The summed E-state index contributed by atoms with van der Waals surface area (Å²) in [7, 11) is 0. The smallest absolute Gasteiger partial charge is 0.122 e. The molecule has 2 aromatic rings. The summed E-state index contributed by atoms with van der Waals surface area (Å²) in [5, 5.41) is 5.58. The van der Waals surface area contributed by atoms with Gasteiger partial charge in [0.05, 0.1) is 11.2 Å². The standard InChI is InChI=1S/C12H16ClN3S/c1-12(2,3)10-8-9-11(17-7-4-13)14-5-6-16(9)15-10/h5-6,8H,4,7H2,1-3H3. The lowest BCUT2D eigenvalue weighted by Gasteiger charge is -2.13. The molecule has 0 N–H and O–H groups in total. The molecular weight excluding hydrogens is 254 g/mol. The molecule has 0 atom stereocenters. The Bertz CT molecular complexity index is 516. The Hall–Kier alpha value is -0.740. The van der Waals surface area contributed by atoms with Crippen molar-refractivity contribution in [2.75, 3.05) is 11.6 Å². The van der Waals surface area contributed by atoms with Crippen LogP contribution >= 0.6 is 23.4 Å². The Balaban J connectivity index is 2.45. The van der Waals surface area contributed by atoms with E-state index in [2.05, 4.69) is 36.9 Å². The molecule has 0 aliphatic carbocycles. The van der Waals surface area contributed by atoms with Gasteiger partial charge in [-0.2, -0.15) is 5.10 Å². The first-order chi connectivity index (χ1) is 8.02. The number of aromatic nitrogens is 3. The Morgan fingerprint density at radius 2 is 2.18 bits per heavy atom. The van der Waals surface area contributed by atoms with Gasteiger partial charge in [-0.05, 0) is 6.07 Å². The predicted molar refractivity (Wildman–Crippen MR) is 73.1 cm³/mol. The van der Waals surface area contributed by atoms with E-state index in [1.807, 2.05) is 10.7 Å². The van der Waals surface area contributed by atoms with Crippen molar-refractivity contribution in [3.63, 3.8) is 0 Å². The molecule has 0 radical (unpaired) electrons. The maximum atomic E-state index is 5.71. The van der Waals surface area contributed by atoms with Crippen LogP contribution in [-0.4, -0.2) is 26.2 Å². The number of thioether (sulfide) groups is 1. The van der Waals surface area contributed by atoms with Crippen LogP contribution < -0.4 is 0 Å². The van der Waals surface area contributed by atoms with E-state index in [1.54, 1.807) is 18.0 Å². The minimum atomic E-state index is 0.0560. The van der Waals surface area contributed by atoms with Crippen molar-refractivity contribution in [3.05, 3.63) is 24.2 Å². The molecule has 2 heterocycles. The Kier molecular flexibility index (Phi) is 3.64. The number of hydrogen-bond donors (Lipinski definition) is 0. The second-order valence-electron chi connectivity index (χ2n) is 4.88. The minimum Gasteiger partial charge on any atom is -0.246 e. The lowest BCUT2D eigenvalue weighted by molar-refractivity contribution is 0.562. The van der Waals surface area contributed by atoms with Gasteiger partial charge in [-0.1, -0.05) is 20.8 Å². The van der Waals surface area contributed by atoms with Gasteiger partial charge in [0.15, 0.2) is 0 Å². The van der Waals surface area contributed by atoms with E-state index in [0.29, 0.717) is 5.88 Å². The van der Waals surface area contributed by atoms with Crippen molar-refractivity contribution >= 4 is 28.9 Å². The third kappa shape index (κ3) is 2.75. The van der Waals surface area contributed by atoms with Gasteiger partial charge >= 0.3 is 0 Å². The summed E-state index contributed by atoms with van der Waals surface area (Å²) in [5.74, 6) is 1.50. The molecule has 0 aliphatic rings. The fraction of sp³-hybridized carbons (Fsp3) is 0.500. The van der Waals surface area contributed by atoms with Gasteiger partial charge in [0, 0.05) is 29.4 Å². The molecule has 2 aromatic heterocycles. The summed E-state index contributed by atoms with van der Waals surface area (Å²) in [6.45, 7) is 6.48. The second-order valence-corrected chi connectivity index (χ2v) is 6.34. The summed E-state index contributed by atoms with van der Waals surface area (Å²) >= 11 is 7.38. The molecule has 2 rings (SSSR count). The highest BCUT2D eigenvalue weighted by molar-refractivity contribution is 7.99. The van der Waals surface area contributed by atoms with Crippen LogP contribution in [0.1, 0.15) is 26.5 Å². The monoisotopic (exact) mass is 269 g/mol. The minimum absolute atomic E-state index is 0.0560. The molecular formula is C12H16ClN3S. The number of rotatable bonds is 3. The average Bonchev–Trinajstić information content (AvgIpc) is 2.70. The van der Waals surface area contributed by atoms with Gasteiger partial charge in [-0.25, -0.2) is 9.50 Å². The molecule has 5 heteroatoms. The largest absolute Gasteiger partial charge is 0.246 e. The molecule has 0 aromatic carbocycles. The van der Waals surface area contributed by atoms with E-state index < -0.39 is 0 Å². The molecule has 0 amide bonds. The van der Waals surface area contributed by atoms with Crippen LogP contribution in [0.25, 0.3) is 5.52 Å². The van der Waals surface area contributed by atoms with Crippen LogP contribution in [0.2, 0.25) is 0 Å². The molecule has 0 spiro atoms. The molecule has 92 valence electrons. The zero-order valence-electron chi connectivity index (χ0n) is 10.3. The molecule has 0 saturated carbocycles. The SMILES string of the molecule is CC(C)(C)c1cc2c(SCCCl)nccn2n1. The van der Waals surface area contributed by atoms with Crippen molar-refractivity contribution in [1.82, 2.24) is 14.6 Å². The maximum Gasteiger partial charge on any atom is 0.122 e. The zero-order chi connectivity index (χ0) is 12.5. The van der Waals surface area contributed by atoms with E-state index >= 15 is 0 Å². The van der Waals surface area contributed by atoms with Crippen LogP contribution in [-0.2, 0) is 5.41 Å². The van der Waals surface area contributed by atoms with Crippen molar-refractivity contribution in [1.29, 1.82) is 0 Å². The average molecular weight is 270 g/mol. The lowest BCUT2D eigenvalue weighted by Crippen LogP contribution is -2.11. The normalized spacial score (nSPS) is 12.2. The van der Waals surface area contributed by atoms with Gasteiger partial charge in [-0.15, -0.1) is 23.4 Å². The quantitative estimate of drug-likeness (QED) is 0.632. The van der Waals surface area contributed by atoms with Crippen LogP contribution in [0.15, 0.2) is 23.5 Å². The van der Waals surface area contributed by atoms with E-state index in [4.69, 9.17) is 11.6 Å². The predicted octanol–water partition coefficient (Wildman–Crippen LogP) is 3.36. The van der Waals surface area contributed by atoms with E-state index in [1.165, 1.54) is 0 Å². The summed E-state index contributed by atoms with van der Waals surface area (Å²) < 4.78 is 1.89. The summed E-state index contributed by atoms with van der Waals surface area (Å²) in [6, 6.07) is 2.11.